The van der Waals surface area contributed by atoms with E-state index in [1.807, 2.05) is 0 Å². The molecule has 370 valence electrons. The second kappa shape index (κ2) is 41.7. The van der Waals surface area contributed by atoms with Crippen molar-refractivity contribution in [2.24, 2.45) is 0 Å². The molecule has 63 heavy (non-hydrogen) atoms. The third-order valence-electron chi connectivity index (χ3n) is 12.4. The molecule has 1 aliphatic heterocycles. The number of aliphatic hydroxyl groups excluding tert-OH is 7. The van der Waals surface area contributed by atoms with Gasteiger partial charge >= 0.3 is 0 Å². The van der Waals surface area contributed by atoms with Crippen LogP contribution >= 0.6 is 0 Å². The van der Waals surface area contributed by atoms with Crippen LogP contribution in [0.3, 0.4) is 0 Å². The number of nitrogens with one attached hydrogen (secondary N) is 1. The van der Waals surface area contributed by atoms with Crippen molar-refractivity contribution in [3.8, 4) is 0 Å². The normalized spacial score (nSPS) is 21.4. The van der Waals surface area contributed by atoms with Gasteiger partial charge in [-0.25, -0.2) is 0 Å². The predicted octanol–water partition coefficient (Wildman–Crippen LogP) is 9.56. The van der Waals surface area contributed by atoms with Crippen LogP contribution in [-0.4, -0.2) is 110 Å². The van der Waals surface area contributed by atoms with Crippen molar-refractivity contribution >= 4 is 5.91 Å². The summed E-state index contributed by atoms with van der Waals surface area (Å²) in [5.41, 5.74) is 0. The summed E-state index contributed by atoms with van der Waals surface area (Å²) in [5, 5.41) is 75.9. The number of carbonyl (C=O) groups is 1. The fourth-order valence-corrected chi connectivity index (χ4v) is 8.12. The lowest BCUT2D eigenvalue weighted by atomic mass is 9.98. The van der Waals surface area contributed by atoms with Crippen molar-refractivity contribution in [1.82, 2.24) is 5.32 Å². The fourth-order valence-electron chi connectivity index (χ4n) is 8.12. The average Bonchev–Trinajstić information content (AvgIpc) is 3.28. The zero-order valence-electron chi connectivity index (χ0n) is 40.1. The van der Waals surface area contributed by atoms with Crippen LogP contribution in [0.4, 0.5) is 0 Å². The minimum absolute atomic E-state index is 0.241. The first-order valence-corrected chi connectivity index (χ1v) is 25.9. The zero-order valence-corrected chi connectivity index (χ0v) is 40.1. The molecule has 1 aliphatic rings. The molecule has 0 radical (unpaired) electrons. The Morgan fingerprint density at radius 3 is 1.49 bits per heavy atom. The van der Waals surface area contributed by atoms with Crippen LogP contribution in [0.2, 0.25) is 0 Å². The third kappa shape index (κ3) is 31.0. The van der Waals surface area contributed by atoms with Crippen molar-refractivity contribution in [2.75, 3.05) is 13.2 Å². The minimum Gasteiger partial charge on any atom is -0.394 e. The first-order valence-electron chi connectivity index (χ1n) is 25.9. The largest absolute Gasteiger partial charge is 0.394 e. The van der Waals surface area contributed by atoms with Crippen molar-refractivity contribution in [1.29, 1.82) is 0 Å². The number of hydrogen-bond acceptors (Lipinski definition) is 10. The van der Waals surface area contributed by atoms with Gasteiger partial charge in [0, 0.05) is 0 Å². The molecule has 8 N–H and O–H groups in total. The van der Waals surface area contributed by atoms with E-state index in [0.717, 1.165) is 64.2 Å². The van der Waals surface area contributed by atoms with Crippen LogP contribution in [0.5, 0.6) is 0 Å². The van der Waals surface area contributed by atoms with E-state index in [1.54, 1.807) is 0 Å². The van der Waals surface area contributed by atoms with Gasteiger partial charge in [0.2, 0.25) is 5.91 Å². The quantitative estimate of drug-likeness (QED) is 0.0216. The van der Waals surface area contributed by atoms with Gasteiger partial charge < -0.3 is 50.5 Å². The zero-order chi connectivity index (χ0) is 46.2. The van der Waals surface area contributed by atoms with E-state index in [0.29, 0.717) is 12.8 Å². The Hall–Kier alpha value is -1.67. The maximum Gasteiger partial charge on any atom is 0.249 e. The number of carbonyl (C=O) groups excluding carboxylic acids is 1. The van der Waals surface area contributed by atoms with Crippen LogP contribution in [0, 0.1) is 0 Å². The molecule has 0 saturated carbocycles. The van der Waals surface area contributed by atoms with E-state index >= 15 is 0 Å². The summed E-state index contributed by atoms with van der Waals surface area (Å²) in [6.07, 6.45) is 37.6. The molecule has 9 unspecified atom stereocenters. The molecular formula is C52H97NO10. The molecule has 0 aromatic carbocycles. The summed E-state index contributed by atoms with van der Waals surface area (Å²) in [6.45, 7) is 3.41. The molecule has 1 amide bonds. The van der Waals surface area contributed by atoms with Crippen LogP contribution in [0.25, 0.3) is 0 Å². The average molecular weight is 896 g/mol. The fraction of sp³-hybridized carbons (Fsp3) is 0.865. The van der Waals surface area contributed by atoms with Gasteiger partial charge in [-0.3, -0.25) is 4.79 Å². The van der Waals surface area contributed by atoms with Crippen molar-refractivity contribution in [3.05, 3.63) is 36.5 Å². The number of unbranched alkanes of at least 4 members (excludes halogenated alkanes) is 25. The number of allylic oxidation sites excluding steroid dienone is 6. The van der Waals surface area contributed by atoms with E-state index in [1.165, 1.54) is 116 Å². The Morgan fingerprint density at radius 1 is 0.556 bits per heavy atom. The lowest BCUT2D eigenvalue weighted by molar-refractivity contribution is -0.303. The molecule has 11 nitrogen and oxygen atoms in total. The highest BCUT2D eigenvalue weighted by Crippen LogP contribution is 2.23. The van der Waals surface area contributed by atoms with Gasteiger partial charge in [0.15, 0.2) is 6.29 Å². The van der Waals surface area contributed by atoms with Crippen molar-refractivity contribution < 1.29 is 50.0 Å². The number of hydrogen-bond donors (Lipinski definition) is 8. The molecular weight excluding hydrogens is 799 g/mol. The Kier molecular flexibility index (Phi) is 39.3. The molecule has 0 bridgehead atoms. The molecule has 1 saturated heterocycles. The number of aliphatic hydroxyl groups is 7. The van der Waals surface area contributed by atoms with Gasteiger partial charge in [0.25, 0.3) is 0 Å². The van der Waals surface area contributed by atoms with Gasteiger partial charge in [0.1, 0.15) is 36.6 Å². The van der Waals surface area contributed by atoms with Gasteiger partial charge in [-0.1, -0.05) is 185 Å². The van der Waals surface area contributed by atoms with E-state index in [2.05, 4.69) is 55.6 Å². The second-order valence-electron chi connectivity index (χ2n) is 18.2. The molecule has 1 rings (SSSR count). The molecule has 1 heterocycles. The monoisotopic (exact) mass is 896 g/mol. The highest BCUT2D eigenvalue weighted by molar-refractivity contribution is 5.80. The molecule has 11 heteroatoms. The molecule has 0 spiro atoms. The molecule has 0 aromatic heterocycles. The molecule has 0 aromatic rings. The second-order valence-corrected chi connectivity index (χ2v) is 18.2. The summed E-state index contributed by atoms with van der Waals surface area (Å²) in [7, 11) is 0. The van der Waals surface area contributed by atoms with Gasteiger partial charge in [-0.15, -0.1) is 0 Å². The summed E-state index contributed by atoms with van der Waals surface area (Å²) < 4.78 is 11.1. The van der Waals surface area contributed by atoms with E-state index < -0.39 is 74.2 Å². The Balaban J connectivity index is 2.42. The third-order valence-corrected chi connectivity index (χ3v) is 12.4. The number of ether oxygens (including phenoxy) is 2. The molecule has 9 atom stereocenters. The standard InChI is InChI=1S/C52H97NO10/c1-3-5-7-9-11-13-15-17-19-21-22-23-24-26-27-29-31-33-35-37-39-44(55)47(57)43(42-62-52-50(60)49(59)48(58)46(41-54)63-52)53-51(61)45(56)40-38-36-34-32-30-28-25-20-18-16-14-12-10-8-6-4-2/h12,14,18,20,31,33,43-50,52,54-60H,3-11,13,15-17,19,21-30,32,34-42H2,1-2H3,(H,53,61)/b14-12-,20-18-,33-31+. The highest BCUT2D eigenvalue weighted by atomic mass is 16.7. The maximum atomic E-state index is 13.1. The SMILES string of the molecule is CCCCC/C=C\C/C=C\CCCCCCCCC(O)C(=O)NC(COC1OC(CO)C(O)C(O)C1O)C(O)C(O)CCC/C=C/CCCCCCCCCCCCCCCCC. The minimum atomic E-state index is -1.67. The van der Waals surface area contributed by atoms with Gasteiger partial charge in [-0.2, -0.15) is 0 Å². The van der Waals surface area contributed by atoms with E-state index in [9.17, 15) is 40.5 Å². The van der Waals surface area contributed by atoms with Crippen molar-refractivity contribution in [2.45, 2.75) is 274 Å². The van der Waals surface area contributed by atoms with E-state index in [4.69, 9.17) is 9.47 Å². The Bertz CT molecular complexity index is 1120. The van der Waals surface area contributed by atoms with Crippen LogP contribution in [-0.2, 0) is 14.3 Å². The number of amides is 1. The smallest absolute Gasteiger partial charge is 0.249 e. The Labute approximate surface area is 384 Å². The van der Waals surface area contributed by atoms with Crippen LogP contribution in [0.1, 0.15) is 219 Å². The first kappa shape index (κ1) is 59.3. The summed E-state index contributed by atoms with van der Waals surface area (Å²) in [5.74, 6) is -0.715. The van der Waals surface area contributed by atoms with E-state index in [-0.39, 0.29) is 12.8 Å². The van der Waals surface area contributed by atoms with Crippen LogP contribution in [0.15, 0.2) is 36.5 Å². The summed E-state index contributed by atoms with van der Waals surface area (Å²) in [4.78, 5) is 13.1. The molecule has 0 aliphatic carbocycles. The van der Waals surface area contributed by atoms with Crippen molar-refractivity contribution in [3.63, 3.8) is 0 Å². The van der Waals surface area contributed by atoms with Gasteiger partial charge in [0.05, 0.1) is 25.4 Å². The maximum absolute atomic E-state index is 13.1. The summed E-state index contributed by atoms with van der Waals surface area (Å²) in [6, 6.07) is -1.19. The lowest BCUT2D eigenvalue weighted by Gasteiger charge is -2.40. The predicted molar refractivity (Wildman–Crippen MR) is 256 cm³/mol. The highest BCUT2D eigenvalue weighted by Gasteiger charge is 2.44. The first-order chi connectivity index (χ1) is 30.7. The van der Waals surface area contributed by atoms with Crippen LogP contribution < -0.4 is 5.32 Å². The summed E-state index contributed by atoms with van der Waals surface area (Å²) >= 11 is 0. The van der Waals surface area contributed by atoms with Gasteiger partial charge in [-0.05, 0) is 70.6 Å². The molecule has 1 fully saturated rings. The lowest BCUT2D eigenvalue weighted by Crippen LogP contribution is -2.60. The number of rotatable bonds is 43. The Morgan fingerprint density at radius 2 is 0.984 bits per heavy atom. The topological polar surface area (TPSA) is 189 Å².